The van der Waals surface area contributed by atoms with Crippen LogP contribution in [0.2, 0.25) is 0 Å². The number of aliphatic hydroxyl groups excluding tert-OH is 1. The Morgan fingerprint density at radius 2 is 1.79 bits per heavy atom. The fourth-order valence-electron chi connectivity index (χ4n) is 4.08. The average Bonchev–Trinajstić information content (AvgIpc) is 3.35. The van der Waals surface area contributed by atoms with E-state index in [9.17, 15) is 34.5 Å². The van der Waals surface area contributed by atoms with Crippen molar-refractivity contribution >= 4 is 29.7 Å². The molecule has 0 aromatic heterocycles. The predicted molar refractivity (Wildman–Crippen MR) is 138 cm³/mol. The largest absolute Gasteiger partial charge is 0.508 e. The molecule has 5 atom stereocenters. The average molecular weight is 536 g/mol. The minimum atomic E-state index is -1.31. The van der Waals surface area contributed by atoms with E-state index < -0.39 is 54.0 Å². The fraction of sp³-hybridized carbons (Fsp3) is 0.542. The van der Waals surface area contributed by atoms with E-state index in [2.05, 4.69) is 15.6 Å². The zero-order valence-corrected chi connectivity index (χ0v) is 21.2. The highest BCUT2D eigenvalue weighted by molar-refractivity contribution is 5.94. The summed E-state index contributed by atoms with van der Waals surface area (Å²) in [5.41, 5.74) is 17.0. The number of aliphatic carboxylic acids is 1. The Bertz CT molecular complexity index is 1010. The molecule has 0 aliphatic carbocycles. The number of rotatable bonds is 13. The van der Waals surface area contributed by atoms with Crippen LogP contribution >= 0.6 is 0 Å². The van der Waals surface area contributed by atoms with Crippen LogP contribution in [0.25, 0.3) is 0 Å². The Morgan fingerprint density at radius 3 is 2.37 bits per heavy atom. The molecule has 1 aromatic rings. The number of nitrogens with two attached hydrogens (primary N) is 3. The summed E-state index contributed by atoms with van der Waals surface area (Å²) in [6, 6.07) is 1.34. The molecule has 1 fully saturated rings. The smallest absolute Gasteiger partial charge is 0.326 e. The van der Waals surface area contributed by atoms with Crippen LogP contribution in [-0.2, 0) is 25.6 Å². The highest BCUT2D eigenvalue weighted by atomic mass is 16.4. The number of benzene rings is 1. The van der Waals surface area contributed by atoms with Crippen molar-refractivity contribution < 1.29 is 34.5 Å². The van der Waals surface area contributed by atoms with Gasteiger partial charge in [0.25, 0.3) is 0 Å². The zero-order valence-electron chi connectivity index (χ0n) is 21.2. The van der Waals surface area contributed by atoms with Crippen molar-refractivity contribution in [2.45, 2.75) is 69.3 Å². The van der Waals surface area contributed by atoms with Crippen LogP contribution in [0.15, 0.2) is 29.3 Å². The number of guanidine groups is 1. The van der Waals surface area contributed by atoms with Crippen molar-refractivity contribution in [3.05, 3.63) is 29.8 Å². The molecule has 0 radical (unpaired) electrons. The molecule has 1 saturated heterocycles. The van der Waals surface area contributed by atoms with Crippen LogP contribution in [0.3, 0.4) is 0 Å². The van der Waals surface area contributed by atoms with Gasteiger partial charge in [-0.1, -0.05) is 12.1 Å². The molecule has 3 amide bonds. The maximum atomic E-state index is 13.2. The van der Waals surface area contributed by atoms with E-state index in [0.717, 1.165) is 0 Å². The van der Waals surface area contributed by atoms with Gasteiger partial charge >= 0.3 is 5.97 Å². The number of amides is 3. The maximum absolute atomic E-state index is 13.2. The number of carboxylic acid groups (broad SMARTS) is 1. The quantitative estimate of drug-likeness (QED) is 0.0765. The number of carbonyl (C=O) groups is 4. The third-order valence-corrected chi connectivity index (χ3v) is 6.21. The summed E-state index contributed by atoms with van der Waals surface area (Å²) in [7, 11) is 0. The molecule has 0 spiro atoms. The third-order valence-electron chi connectivity index (χ3n) is 6.21. The summed E-state index contributed by atoms with van der Waals surface area (Å²) >= 11 is 0. The van der Waals surface area contributed by atoms with Gasteiger partial charge in [-0.2, -0.15) is 0 Å². The number of aromatic hydroxyl groups is 1. The molecule has 38 heavy (non-hydrogen) atoms. The first kappa shape index (κ1) is 30.3. The molecule has 2 rings (SSSR count). The lowest BCUT2D eigenvalue weighted by Crippen LogP contribution is -2.57. The topological polar surface area (TPSA) is 247 Å². The van der Waals surface area contributed by atoms with Crippen LogP contribution < -0.4 is 27.8 Å². The second-order valence-electron chi connectivity index (χ2n) is 9.24. The lowest BCUT2D eigenvalue weighted by atomic mass is 10.0. The van der Waals surface area contributed by atoms with E-state index in [4.69, 9.17) is 17.2 Å². The molecule has 1 aromatic carbocycles. The number of aliphatic hydroxyl groups is 1. The van der Waals surface area contributed by atoms with E-state index in [-0.39, 0.29) is 37.6 Å². The van der Waals surface area contributed by atoms with E-state index in [1.54, 1.807) is 0 Å². The van der Waals surface area contributed by atoms with Gasteiger partial charge in [0.2, 0.25) is 17.7 Å². The molecule has 0 saturated carbocycles. The Balaban J connectivity index is 2.16. The van der Waals surface area contributed by atoms with Crippen molar-refractivity contribution in [2.24, 2.45) is 22.2 Å². The Kier molecular flexibility index (Phi) is 11.3. The summed E-state index contributed by atoms with van der Waals surface area (Å²) in [5.74, 6) is -3.30. The monoisotopic (exact) mass is 535 g/mol. The number of phenols is 1. The number of aliphatic imine (C=N–C) groups is 1. The SMILES string of the molecule is CC(O)C(N)C(=O)N1CCCC1C(=O)NC(CCCN=C(N)N)C(=O)NC(Cc1ccc(O)cc1)C(=O)O. The van der Waals surface area contributed by atoms with Gasteiger partial charge in [0.15, 0.2) is 5.96 Å². The van der Waals surface area contributed by atoms with Gasteiger partial charge in [0.05, 0.1) is 6.10 Å². The molecule has 0 bridgehead atoms. The molecule has 210 valence electrons. The molecular formula is C24H37N7O7. The standard InChI is InChI=1S/C24H37N7O7/c1-13(32)19(25)22(36)31-11-3-5-18(31)21(35)29-16(4-2-10-28-24(26)27)20(34)30-17(23(37)38)12-14-6-8-15(33)9-7-14/h6-9,13,16-19,32-33H,2-5,10-12,25H2,1H3,(H,29,35)(H,30,34)(H,37,38)(H4,26,27,28). The first-order valence-electron chi connectivity index (χ1n) is 12.3. The van der Waals surface area contributed by atoms with Gasteiger partial charge < -0.3 is 48.1 Å². The van der Waals surface area contributed by atoms with Crippen LogP contribution in [0.4, 0.5) is 0 Å². The summed E-state index contributed by atoms with van der Waals surface area (Å²) in [6.07, 6.45) is 0.0941. The summed E-state index contributed by atoms with van der Waals surface area (Å²) < 4.78 is 0. The number of phenolic OH excluding ortho intramolecular Hbond substituents is 1. The first-order chi connectivity index (χ1) is 17.9. The number of hydrogen-bond donors (Lipinski definition) is 8. The second kappa shape index (κ2) is 14.1. The molecule has 1 heterocycles. The fourth-order valence-corrected chi connectivity index (χ4v) is 4.08. The molecule has 5 unspecified atom stereocenters. The van der Waals surface area contributed by atoms with Gasteiger partial charge in [0, 0.05) is 19.5 Å². The number of carboxylic acids is 1. The Labute approximate surface area is 220 Å². The Hall–Kier alpha value is -3.91. The van der Waals surface area contributed by atoms with E-state index in [1.807, 2.05) is 0 Å². The summed E-state index contributed by atoms with van der Waals surface area (Å²) in [6.45, 7) is 1.82. The van der Waals surface area contributed by atoms with Gasteiger partial charge in [0.1, 0.15) is 29.9 Å². The van der Waals surface area contributed by atoms with Gasteiger partial charge in [-0.05, 0) is 50.3 Å². The van der Waals surface area contributed by atoms with Crippen molar-refractivity contribution in [1.29, 1.82) is 0 Å². The summed E-state index contributed by atoms with van der Waals surface area (Å²) in [5, 5.41) is 33.9. The molecule has 14 nitrogen and oxygen atoms in total. The van der Waals surface area contributed by atoms with Gasteiger partial charge in [-0.25, -0.2) is 4.79 Å². The minimum Gasteiger partial charge on any atom is -0.508 e. The van der Waals surface area contributed by atoms with Crippen molar-refractivity contribution in [2.75, 3.05) is 13.1 Å². The first-order valence-corrected chi connectivity index (χ1v) is 12.3. The number of likely N-dealkylation sites (tertiary alicyclic amines) is 1. The molecular weight excluding hydrogens is 498 g/mol. The molecule has 1 aliphatic rings. The lowest BCUT2D eigenvalue weighted by molar-refractivity contribution is -0.143. The predicted octanol–water partition coefficient (Wildman–Crippen LogP) is -2.26. The van der Waals surface area contributed by atoms with Crippen LogP contribution in [0.5, 0.6) is 5.75 Å². The van der Waals surface area contributed by atoms with E-state index in [0.29, 0.717) is 24.8 Å². The highest BCUT2D eigenvalue weighted by Gasteiger charge is 2.38. The Morgan fingerprint density at radius 1 is 1.13 bits per heavy atom. The van der Waals surface area contributed by atoms with Crippen LogP contribution in [-0.4, -0.2) is 93.2 Å². The normalized spacial score (nSPS) is 18.1. The van der Waals surface area contributed by atoms with E-state index >= 15 is 0 Å². The van der Waals surface area contributed by atoms with Gasteiger partial charge in [-0.15, -0.1) is 0 Å². The van der Waals surface area contributed by atoms with Crippen LogP contribution in [0.1, 0.15) is 38.2 Å². The minimum absolute atomic E-state index is 0.0158. The zero-order chi connectivity index (χ0) is 28.4. The number of carbonyl (C=O) groups excluding carboxylic acids is 3. The molecule has 1 aliphatic heterocycles. The molecule has 14 heteroatoms. The lowest BCUT2D eigenvalue weighted by Gasteiger charge is -2.29. The third kappa shape index (κ3) is 8.88. The van der Waals surface area contributed by atoms with Crippen molar-refractivity contribution in [1.82, 2.24) is 15.5 Å². The summed E-state index contributed by atoms with van der Waals surface area (Å²) in [4.78, 5) is 56.0. The van der Waals surface area contributed by atoms with Gasteiger partial charge in [-0.3, -0.25) is 19.4 Å². The molecule has 11 N–H and O–H groups in total. The number of nitrogens with zero attached hydrogens (tertiary/aromatic N) is 2. The van der Waals surface area contributed by atoms with Crippen molar-refractivity contribution in [3.63, 3.8) is 0 Å². The van der Waals surface area contributed by atoms with Crippen LogP contribution in [0, 0.1) is 0 Å². The van der Waals surface area contributed by atoms with Crippen molar-refractivity contribution in [3.8, 4) is 5.75 Å². The second-order valence-corrected chi connectivity index (χ2v) is 9.24. The number of hydrogen-bond acceptors (Lipinski definition) is 8. The highest BCUT2D eigenvalue weighted by Crippen LogP contribution is 2.19. The maximum Gasteiger partial charge on any atom is 0.326 e. The number of nitrogens with one attached hydrogen (secondary N) is 2. The van der Waals surface area contributed by atoms with E-state index in [1.165, 1.54) is 36.1 Å².